The predicted octanol–water partition coefficient (Wildman–Crippen LogP) is 4.59. The smallest absolute Gasteiger partial charge is 0.344 e. The number of carbonyl (C=O) groups excluding carboxylic acids is 1. The van der Waals surface area contributed by atoms with Gasteiger partial charge in [-0.15, -0.1) is 0 Å². The van der Waals surface area contributed by atoms with Crippen molar-refractivity contribution in [2.45, 2.75) is 6.92 Å². The first kappa shape index (κ1) is 19.6. The highest BCUT2D eigenvalue weighted by molar-refractivity contribution is 8.18. The Morgan fingerprint density at radius 1 is 1.18 bits per heavy atom. The van der Waals surface area contributed by atoms with Gasteiger partial charge in [-0.25, -0.2) is 9.79 Å². The van der Waals surface area contributed by atoms with E-state index in [1.165, 1.54) is 24.9 Å². The number of ether oxygens (including phenoxy) is 2. The van der Waals surface area contributed by atoms with Crippen molar-refractivity contribution in [3.8, 4) is 11.5 Å². The zero-order chi connectivity index (χ0) is 20.1. The Morgan fingerprint density at radius 3 is 2.61 bits per heavy atom. The van der Waals surface area contributed by atoms with Gasteiger partial charge >= 0.3 is 5.97 Å². The number of aliphatic hydroxyl groups is 1. The van der Waals surface area contributed by atoms with Crippen molar-refractivity contribution < 1.29 is 24.5 Å². The summed E-state index contributed by atoms with van der Waals surface area (Å²) in [5.41, 5.74) is 1.37. The fraction of sp³-hybridized carbons (Fsp3) is 0.143. The highest BCUT2D eigenvalue weighted by Crippen LogP contribution is 2.40. The van der Waals surface area contributed by atoms with Gasteiger partial charge in [0.15, 0.2) is 11.5 Å². The number of para-hydroxylation sites is 1. The van der Waals surface area contributed by atoms with Crippen LogP contribution in [0.5, 0.6) is 11.5 Å². The third-order valence-electron chi connectivity index (χ3n) is 3.85. The van der Waals surface area contributed by atoms with E-state index in [0.29, 0.717) is 33.6 Å². The van der Waals surface area contributed by atoms with Gasteiger partial charge in [0.1, 0.15) is 16.4 Å². The van der Waals surface area contributed by atoms with E-state index >= 15 is 0 Å². The van der Waals surface area contributed by atoms with Crippen LogP contribution in [0.3, 0.4) is 0 Å². The molecule has 28 heavy (non-hydrogen) atoms. The second-order valence-electron chi connectivity index (χ2n) is 5.74. The molecule has 0 amide bonds. The number of esters is 1. The van der Waals surface area contributed by atoms with E-state index in [2.05, 4.69) is 4.99 Å². The van der Waals surface area contributed by atoms with E-state index in [-0.39, 0.29) is 17.1 Å². The Hall–Kier alpha value is -3.19. The lowest BCUT2D eigenvalue weighted by Gasteiger charge is -2.06. The molecule has 0 spiro atoms. The zero-order valence-corrected chi connectivity index (χ0v) is 16.2. The maximum absolute atomic E-state index is 12.2. The van der Waals surface area contributed by atoms with E-state index in [0.717, 1.165) is 0 Å². The van der Waals surface area contributed by atoms with Crippen LogP contribution in [0.25, 0.3) is 6.08 Å². The highest BCUT2D eigenvalue weighted by Gasteiger charge is 2.33. The second kappa shape index (κ2) is 8.67. The van der Waals surface area contributed by atoms with E-state index in [4.69, 9.17) is 9.47 Å². The summed E-state index contributed by atoms with van der Waals surface area (Å²) < 4.78 is 10.2. The van der Waals surface area contributed by atoms with Crippen LogP contribution in [0, 0.1) is 0 Å². The molecule has 2 N–H and O–H groups in total. The summed E-state index contributed by atoms with van der Waals surface area (Å²) in [7, 11) is 1.25. The van der Waals surface area contributed by atoms with Crippen LogP contribution in [-0.4, -0.2) is 34.9 Å². The Balaban J connectivity index is 2.02. The van der Waals surface area contributed by atoms with Crippen molar-refractivity contribution in [2.24, 2.45) is 4.99 Å². The number of aliphatic hydroxyl groups excluding tert-OH is 1. The highest BCUT2D eigenvalue weighted by atomic mass is 32.2. The monoisotopic (exact) mass is 397 g/mol. The fourth-order valence-electron chi connectivity index (χ4n) is 2.55. The fourth-order valence-corrected chi connectivity index (χ4v) is 3.59. The summed E-state index contributed by atoms with van der Waals surface area (Å²) in [5, 5.41) is 20.8. The molecule has 1 heterocycles. The predicted molar refractivity (Wildman–Crippen MR) is 110 cm³/mol. The Bertz CT molecular complexity index is 980. The summed E-state index contributed by atoms with van der Waals surface area (Å²) in [6.07, 6.45) is 1.69. The van der Waals surface area contributed by atoms with Crippen LogP contribution >= 0.6 is 11.8 Å². The minimum absolute atomic E-state index is 0.0198. The first-order chi connectivity index (χ1) is 13.5. The van der Waals surface area contributed by atoms with Crippen molar-refractivity contribution in [3.05, 3.63) is 70.3 Å². The number of phenols is 1. The van der Waals surface area contributed by atoms with Crippen molar-refractivity contribution >= 4 is 34.5 Å². The number of hydrogen-bond donors (Lipinski definition) is 2. The number of hydrogen-bond acceptors (Lipinski definition) is 7. The largest absolute Gasteiger partial charge is 0.506 e. The van der Waals surface area contributed by atoms with E-state index in [1.807, 2.05) is 25.1 Å². The normalized spacial score (nSPS) is 16.6. The van der Waals surface area contributed by atoms with Gasteiger partial charge in [0.25, 0.3) is 0 Å². The Morgan fingerprint density at radius 2 is 1.93 bits per heavy atom. The third-order valence-corrected chi connectivity index (χ3v) is 4.87. The number of benzene rings is 2. The molecule has 0 aliphatic carbocycles. The van der Waals surface area contributed by atoms with Gasteiger partial charge in [0, 0.05) is 0 Å². The minimum Gasteiger partial charge on any atom is -0.506 e. The topological polar surface area (TPSA) is 88.4 Å². The first-order valence-corrected chi connectivity index (χ1v) is 9.36. The molecular formula is C21H19NO5S. The number of rotatable bonds is 5. The van der Waals surface area contributed by atoms with Crippen molar-refractivity contribution in [1.82, 2.24) is 0 Å². The number of phenolic OH excluding ortho intramolecular Hbond substituents is 1. The molecule has 1 aliphatic rings. The van der Waals surface area contributed by atoms with E-state index < -0.39 is 5.97 Å². The number of aliphatic imine (C=N–C) groups is 1. The lowest BCUT2D eigenvalue weighted by Crippen LogP contribution is -2.10. The molecule has 1 aliphatic heterocycles. The third kappa shape index (κ3) is 4.20. The van der Waals surface area contributed by atoms with Crippen molar-refractivity contribution in [3.63, 3.8) is 0 Å². The van der Waals surface area contributed by atoms with Gasteiger partial charge in [0.05, 0.1) is 24.3 Å². The second-order valence-corrected chi connectivity index (χ2v) is 6.77. The molecule has 6 nitrogen and oxygen atoms in total. The van der Waals surface area contributed by atoms with Crippen molar-refractivity contribution in [2.75, 3.05) is 13.7 Å². The number of methoxy groups -OCH3 is 1. The molecule has 3 rings (SSSR count). The van der Waals surface area contributed by atoms with Crippen LogP contribution in [0.1, 0.15) is 12.5 Å². The van der Waals surface area contributed by atoms with Crippen molar-refractivity contribution in [1.29, 1.82) is 0 Å². The average molecular weight is 397 g/mol. The lowest BCUT2D eigenvalue weighted by atomic mass is 10.1. The summed E-state index contributed by atoms with van der Waals surface area (Å²) in [4.78, 5) is 17.1. The van der Waals surface area contributed by atoms with Crippen LogP contribution in [0.4, 0.5) is 5.69 Å². The lowest BCUT2D eigenvalue weighted by molar-refractivity contribution is -0.135. The molecule has 0 unspecified atom stereocenters. The van der Waals surface area contributed by atoms with Gasteiger partial charge in [-0.1, -0.05) is 36.0 Å². The molecule has 144 valence electrons. The average Bonchev–Trinajstić information content (AvgIpc) is 2.99. The number of carbonyl (C=O) groups is 1. The number of aromatic hydroxyl groups is 1. The van der Waals surface area contributed by atoms with Crippen LogP contribution < -0.4 is 4.74 Å². The standard InChI is InChI=1S/C21H19NO5S/c1-3-27-16-11-13(9-10-15(16)23)12-17-19(24)18(21(25)26-2)20(28-17)22-14-7-5-4-6-8-14/h4-12,23-24H,3H2,1-2H3. The molecule has 2 aromatic carbocycles. The van der Waals surface area contributed by atoms with Gasteiger partial charge in [-0.3, -0.25) is 0 Å². The summed E-state index contributed by atoms with van der Waals surface area (Å²) in [6, 6.07) is 14.0. The van der Waals surface area contributed by atoms with Gasteiger partial charge < -0.3 is 19.7 Å². The Labute approximate surface area is 166 Å². The SMILES string of the molecule is CCOc1cc(C=C2SC(=Nc3ccccc3)C(C(=O)OC)=C2O)ccc1O. The maximum atomic E-state index is 12.2. The molecule has 0 atom stereocenters. The molecule has 0 aromatic heterocycles. The van der Waals surface area contributed by atoms with Crippen LogP contribution in [-0.2, 0) is 9.53 Å². The summed E-state index contributed by atoms with van der Waals surface area (Å²) in [5.74, 6) is -0.486. The van der Waals surface area contributed by atoms with Gasteiger partial charge in [0.2, 0.25) is 0 Å². The molecule has 0 saturated carbocycles. The van der Waals surface area contributed by atoms with E-state index in [1.54, 1.807) is 30.3 Å². The summed E-state index contributed by atoms with van der Waals surface area (Å²) in [6.45, 7) is 2.23. The molecule has 0 bridgehead atoms. The molecule has 0 saturated heterocycles. The summed E-state index contributed by atoms with van der Waals surface area (Å²) >= 11 is 1.17. The van der Waals surface area contributed by atoms with Gasteiger partial charge in [-0.05, 0) is 42.8 Å². The molecular weight excluding hydrogens is 378 g/mol. The minimum atomic E-state index is -0.663. The quantitative estimate of drug-likeness (QED) is 0.717. The zero-order valence-electron chi connectivity index (χ0n) is 15.4. The van der Waals surface area contributed by atoms with Crippen LogP contribution in [0.2, 0.25) is 0 Å². The maximum Gasteiger partial charge on any atom is 0.344 e. The van der Waals surface area contributed by atoms with Gasteiger partial charge in [-0.2, -0.15) is 0 Å². The number of thioether (sulfide) groups is 1. The molecule has 2 aromatic rings. The number of nitrogens with zero attached hydrogens (tertiary/aromatic N) is 1. The van der Waals surface area contributed by atoms with E-state index in [9.17, 15) is 15.0 Å². The molecule has 0 fully saturated rings. The molecule has 0 radical (unpaired) electrons. The Kier molecular flexibility index (Phi) is 6.06. The van der Waals surface area contributed by atoms with Crippen LogP contribution in [0.15, 0.2) is 69.8 Å². The first-order valence-electron chi connectivity index (χ1n) is 8.55. The molecule has 7 heteroatoms.